The molecule has 1 saturated heterocycles. The van der Waals surface area contributed by atoms with Gasteiger partial charge in [-0.05, 0) is 31.6 Å². The topological polar surface area (TPSA) is 29.0 Å². The number of hydrogen-bond donors (Lipinski definition) is 0. The molecule has 1 aromatic rings. The molecule has 2 unspecified atom stereocenters. The van der Waals surface area contributed by atoms with Gasteiger partial charge >= 0.3 is 0 Å². The Labute approximate surface area is 114 Å². The molecule has 0 radical (unpaired) electrons. The van der Waals surface area contributed by atoms with Crippen LogP contribution in [0.2, 0.25) is 5.15 Å². The first-order chi connectivity index (χ1) is 8.69. The van der Waals surface area contributed by atoms with Crippen molar-refractivity contribution in [3.8, 4) is 0 Å². The molecule has 4 heteroatoms. The molecule has 98 valence electrons. The van der Waals surface area contributed by atoms with Crippen molar-refractivity contribution in [1.29, 1.82) is 0 Å². The molecule has 18 heavy (non-hydrogen) atoms. The minimum atomic E-state index is 0.619. The number of nitrogens with zero attached hydrogens (tertiary/aromatic N) is 3. The van der Waals surface area contributed by atoms with Crippen LogP contribution in [0.5, 0.6) is 0 Å². The minimum absolute atomic E-state index is 0.619. The molecular formula is C14H20ClN3. The monoisotopic (exact) mass is 265 g/mol. The van der Waals surface area contributed by atoms with Crippen molar-refractivity contribution in [1.82, 2.24) is 9.97 Å². The van der Waals surface area contributed by atoms with E-state index in [0.717, 1.165) is 48.6 Å². The third-order valence-electron chi connectivity index (χ3n) is 4.45. The summed E-state index contributed by atoms with van der Waals surface area (Å²) < 4.78 is 0. The maximum atomic E-state index is 6.22. The third-order valence-corrected chi connectivity index (χ3v) is 4.82. The second kappa shape index (κ2) is 4.69. The predicted molar refractivity (Wildman–Crippen MR) is 74.2 cm³/mol. The van der Waals surface area contributed by atoms with Crippen molar-refractivity contribution >= 4 is 17.4 Å². The van der Waals surface area contributed by atoms with Crippen LogP contribution in [0.1, 0.15) is 37.6 Å². The molecule has 2 atom stereocenters. The lowest BCUT2D eigenvalue weighted by molar-refractivity contribution is 0.494. The number of rotatable bonds is 2. The van der Waals surface area contributed by atoms with Crippen molar-refractivity contribution in [2.75, 3.05) is 18.0 Å². The molecule has 0 amide bonds. The Kier molecular flexibility index (Phi) is 3.18. The van der Waals surface area contributed by atoms with Gasteiger partial charge < -0.3 is 4.90 Å². The molecule has 2 fully saturated rings. The van der Waals surface area contributed by atoms with Gasteiger partial charge in [0.2, 0.25) is 0 Å². The highest BCUT2D eigenvalue weighted by molar-refractivity contribution is 6.30. The van der Waals surface area contributed by atoms with E-state index in [1.165, 1.54) is 19.3 Å². The van der Waals surface area contributed by atoms with Crippen LogP contribution in [0.3, 0.4) is 0 Å². The lowest BCUT2D eigenvalue weighted by Crippen LogP contribution is -2.23. The van der Waals surface area contributed by atoms with Crippen LogP contribution in [0.15, 0.2) is 0 Å². The van der Waals surface area contributed by atoms with E-state index in [0.29, 0.717) is 5.15 Å². The third kappa shape index (κ3) is 1.99. The molecule has 0 N–H and O–H groups in total. The van der Waals surface area contributed by atoms with Gasteiger partial charge in [-0.25, -0.2) is 9.97 Å². The molecular weight excluding hydrogens is 246 g/mol. The minimum Gasteiger partial charge on any atom is -0.356 e. The summed E-state index contributed by atoms with van der Waals surface area (Å²) in [7, 11) is 0. The van der Waals surface area contributed by atoms with Crippen molar-refractivity contribution in [2.24, 2.45) is 11.8 Å². The van der Waals surface area contributed by atoms with E-state index in [9.17, 15) is 0 Å². The average Bonchev–Trinajstić information content (AvgIpc) is 2.92. The molecule has 1 aliphatic heterocycles. The number of fused-ring (bicyclic) bond motifs is 1. The van der Waals surface area contributed by atoms with Crippen molar-refractivity contribution < 1.29 is 0 Å². The van der Waals surface area contributed by atoms with Gasteiger partial charge in [-0.1, -0.05) is 24.9 Å². The van der Waals surface area contributed by atoms with Gasteiger partial charge in [0.1, 0.15) is 16.8 Å². The molecule has 2 heterocycles. The summed E-state index contributed by atoms with van der Waals surface area (Å²) in [6.07, 6.45) is 5.03. The fourth-order valence-corrected chi connectivity index (χ4v) is 3.58. The van der Waals surface area contributed by atoms with Gasteiger partial charge in [-0.15, -0.1) is 0 Å². The summed E-state index contributed by atoms with van der Waals surface area (Å²) in [5, 5.41) is 0.619. The van der Waals surface area contributed by atoms with Crippen LogP contribution in [-0.4, -0.2) is 23.1 Å². The average molecular weight is 266 g/mol. The molecule has 0 spiro atoms. The second-order valence-corrected chi connectivity index (χ2v) is 5.95. The van der Waals surface area contributed by atoms with Crippen molar-refractivity contribution in [2.45, 2.75) is 39.5 Å². The van der Waals surface area contributed by atoms with E-state index in [2.05, 4.69) is 16.8 Å². The van der Waals surface area contributed by atoms with Crippen LogP contribution in [0, 0.1) is 18.8 Å². The fourth-order valence-electron chi connectivity index (χ4n) is 3.39. The van der Waals surface area contributed by atoms with E-state index in [1.807, 2.05) is 6.92 Å². The number of anilines is 1. The van der Waals surface area contributed by atoms with E-state index in [4.69, 9.17) is 16.6 Å². The van der Waals surface area contributed by atoms with Gasteiger partial charge in [0.05, 0.1) is 0 Å². The van der Waals surface area contributed by atoms with Gasteiger partial charge in [-0.2, -0.15) is 0 Å². The first kappa shape index (κ1) is 12.2. The Morgan fingerprint density at radius 1 is 1.22 bits per heavy atom. The molecule has 2 aliphatic rings. The Hall–Kier alpha value is -0.830. The number of aromatic nitrogens is 2. The SMILES string of the molecule is CCc1nc(Cl)c(C)c(N2CC3CCCC3C2)n1. The maximum Gasteiger partial charge on any atom is 0.137 e. The van der Waals surface area contributed by atoms with Crippen molar-refractivity contribution in [3.05, 3.63) is 16.5 Å². The molecule has 1 aromatic heterocycles. The maximum absolute atomic E-state index is 6.22. The second-order valence-electron chi connectivity index (χ2n) is 5.59. The Morgan fingerprint density at radius 3 is 2.50 bits per heavy atom. The number of aryl methyl sites for hydroxylation is 1. The first-order valence-corrected chi connectivity index (χ1v) is 7.34. The Balaban J connectivity index is 1.90. The number of halogens is 1. The van der Waals surface area contributed by atoms with E-state index in [-0.39, 0.29) is 0 Å². The number of hydrogen-bond acceptors (Lipinski definition) is 3. The van der Waals surface area contributed by atoms with Crippen LogP contribution < -0.4 is 4.90 Å². The van der Waals surface area contributed by atoms with Gasteiger partial charge in [0, 0.05) is 25.1 Å². The summed E-state index contributed by atoms with van der Waals surface area (Å²) in [5.74, 6) is 3.69. The Bertz CT molecular complexity index is 449. The van der Waals surface area contributed by atoms with Crippen LogP contribution in [0.25, 0.3) is 0 Å². The van der Waals surface area contributed by atoms with E-state index in [1.54, 1.807) is 0 Å². The zero-order chi connectivity index (χ0) is 12.7. The summed E-state index contributed by atoms with van der Waals surface area (Å²) >= 11 is 6.22. The van der Waals surface area contributed by atoms with Crippen molar-refractivity contribution in [3.63, 3.8) is 0 Å². The van der Waals surface area contributed by atoms with Gasteiger partial charge in [-0.3, -0.25) is 0 Å². The first-order valence-electron chi connectivity index (χ1n) is 6.97. The fraction of sp³-hybridized carbons (Fsp3) is 0.714. The molecule has 3 rings (SSSR count). The highest BCUT2D eigenvalue weighted by atomic mass is 35.5. The smallest absolute Gasteiger partial charge is 0.137 e. The largest absolute Gasteiger partial charge is 0.356 e. The molecule has 0 aromatic carbocycles. The van der Waals surface area contributed by atoms with Gasteiger partial charge in [0.15, 0.2) is 0 Å². The molecule has 0 bridgehead atoms. The lowest BCUT2D eigenvalue weighted by Gasteiger charge is -2.21. The zero-order valence-electron chi connectivity index (χ0n) is 11.1. The lowest BCUT2D eigenvalue weighted by atomic mass is 10.0. The summed E-state index contributed by atoms with van der Waals surface area (Å²) in [5.41, 5.74) is 1.04. The highest BCUT2D eigenvalue weighted by Gasteiger charge is 2.37. The van der Waals surface area contributed by atoms with Crippen LogP contribution >= 0.6 is 11.6 Å². The molecule has 1 aliphatic carbocycles. The quantitative estimate of drug-likeness (QED) is 0.769. The van der Waals surface area contributed by atoms with Crippen LogP contribution in [0.4, 0.5) is 5.82 Å². The molecule has 3 nitrogen and oxygen atoms in total. The summed E-state index contributed by atoms with van der Waals surface area (Å²) in [4.78, 5) is 11.4. The molecule has 1 saturated carbocycles. The predicted octanol–water partition coefficient (Wildman–Crippen LogP) is 3.24. The van der Waals surface area contributed by atoms with E-state index < -0.39 is 0 Å². The van der Waals surface area contributed by atoms with E-state index >= 15 is 0 Å². The van der Waals surface area contributed by atoms with Gasteiger partial charge in [0.25, 0.3) is 0 Å². The highest BCUT2D eigenvalue weighted by Crippen LogP contribution is 2.40. The summed E-state index contributed by atoms with van der Waals surface area (Å²) in [6, 6.07) is 0. The zero-order valence-corrected chi connectivity index (χ0v) is 11.9. The standard InChI is InChI=1S/C14H20ClN3/c1-3-12-16-13(15)9(2)14(17-12)18-7-10-5-4-6-11(10)8-18/h10-11H,3-8H2,1-2H3. The van der Waals surface area contributed by atoms with Crippen LogP contribution in [-0.2, 0) is 6.42 Å². The summed E-state index contributed by atoms with van der Waals surface area (Å²) in [6.45, 7) is 6.42. The normalized spacial score (nSPS) is 26.7. The Morgan fingerprint density at radius 2 is 1.89 bits per heavy atom.